The molecule has 246 valence electrons. The molecule has 5 rings (SSSR count). The molecule has 3 aromatic rings. The van der Waals surface area contributed by atoms with Gasteiger partial charge in [-0.15, -0.1) is 0 Å². The first kappa shape index (κ1) is 33.4. The molecule has 0 aromatic heterocycles. The van der Waals surface area contributed by atoms with Gasteiger partial charge in [-0.25, -0.2) is 9.18 Å². The zero-order chi connectivity index (χ0) is 32.1. The number of nitrogens with zero attached hydrogens (tertiary/aromatic N) is 1. The lowest BCUT2D eigenvalue weighted by atomic mass is 10.0. The van der Waals surface area contributed by atoms with Crippen LogP contribution in [-0.2, 0) is 36.9 Å². The Labute approximate surface area is 269 Å². The number of amides is 1. The highest BCUT2D eigenvalue weighted by Crippen LogP contribution is 2.39. The van der Waals surface area contributed by atoms with Crippen molar-refractivity contribution in [1.29, 1.82) is 0 Å². The van der Waals surface area contributed by atoms with Crippen LogP contribution in [0.15, 0.2) is 66.7 Å². The maximum atomic E-state index is 14.6. The summed E-state index contributed by atoms with van der Waals surface area (Å²) in [5.74, 6) is -1.28. The van der Waals surface area contributed by atoms with Gasteiger partial charge in [0.15, 0.2) is 12.3 Å². The van der Waals surface area contributed by atoms with E-state index in [9.17, 15) is 14.0 Å². The summed E-state index contributed by atoms with van der Waals surface area (Å²) in [6, 6.07) is 18.5. The number of esters is 1. The van der Waals surface area contributed by atoms with E-state index < -0.39 is 24.1 Å². The molecule has 9 nitrogen and oxygen atoms in total. The lowest BCUT2D eigenvalue weighted by Gasteiger charge is -2.29. The van der Waals surface area contributed by atoms with Gasteiger partial charge in [0, 0.05) is 50.6 Å². The van der Waals surface area contributed by atoms with E-state index in [4.69, 9.17) is 23.7 Å². The molecule has 2 atom stereocenters. The Bertz CT molecular complexity index is 1430. The van der Waals surface area contributed by atoms with Gasteiger partial charge in [-0.3, -0.25) is 4.79 Å². The maximum absolute atomic E-state index is 14.6. The molecule has 0 saturated carbocycles. The molecule has 1 N–H and O–H groups in total. The van der Waals surface area contributed by atoms with Crippen molar-refractivity contribution >= 4 is 17.6 Å². The topological polar surface area (TPSA) is 95.6 Å². The van der Waals surface area contributed by atoms with Gasteiger partial charge in [-0.05, 0) is 67.5 Å². The minimum atomic E-state index is -1.20. The van der Waals surface area contributed by atoms with Crippen molar-refractivity contribution in [3.05, 3.63) is 94.8 Å². The highest BCUT2D eigenvalue weighted by molar-refractivity contribution is 6.05. The van der Waals surface area contributed by atoms with Crippen molar-refractivity contribution in [2.24, 2.45) is 0 Å². The van der Waals surface area contributed by atoms with Crippen LogP contribution < -0.4 is 10.1 Å². The predicted octanol–water partition coefficient (Wildman–Crippen LogP) is 6.42. The van der Waals surface area contributed by atoms with E-state index >= 15 is 0 Å². The van der Waals surface area contributed by atoms with E-state index in [-0.39, 0.29) is 23.8 Å². The van der Waals surface area contributed by atoms with Gasteiger partial charge in [0.05, 0.1) is 25.9 Å². The number of ether oxygens (including phenoxy) is 5. The van der Waals surface area contributed by atoms with Crippen LogP contribution in [0.2, 0.25) is 0 Å². The van der Waals surface area contributed by atoms with E-state index in [0.717, 1.165) is 43.2 Å². The minimum Gasteiger partial charge on any atom is -0.467 e. The number of unbranched alkanes of at least 4 members (excludes halogenated alkanes) is 1. The van der Waals surface area contributed by atoms with Crippen molar-refractivity contribution in [3.63, 3.8) is 0 Å². The highest BCUT2D eigenvalue weighted by Gasteiger charge is 2.41. The molecule has 0 spiro atoms. The van der Waals surface area contributed by atoms with E-state index in [1.54, 1.807) is 0 Å². The number of fused-ring (bicyclic) bond motifs is 1. The smallest absolute Gasteiger partial charge is 0.333 e. The maximum Gasteiger partial charge on any atom is 0.333 e. The van der Waals surface area contributed by atoms with Crippen molar-refractivity contribution in [3.8, 4) is 5.75 Å². The van der Waals surface area contributed by atoms with E-state index in [1.165, 1.54) is 30.2 Å². The average molecular weight is 635 g/mol. The third kappa shape index (κ3) is 8.84. The van der Waals surface area contributed by atoms with E-state index in [2.05, 4.69) is 5.32 Å². The van der Waals surface area contributed by atoms with Crippen LogP contribution in [-0.4, -0.2) is 63.1 Å². The van der Waals surface area contributed by atoms with Gasteiger partial charge in [0.25, 0.3) is 5.91 Å². The number of carbonyl (C=O) groups excluding carboxylic acids is 2. The third-order valence-corrected chi connectivity index (χ3v) is 8.08. The quantitative estimate of drug-likeness (QED) is 0.134. The number of rotatable bonds is 17. The van der Waals surface area contributed by atoms with Crippen molar-refractivity contribution < 1.29 is 37.7 Å². The first-order valence-corrected chi connectivity index (χ1v) is 16.1. The molecule has 0 bridgehead atoms. The number of nitrogens with one attached hydrogen (secondary N) is 1. The molecule has 46 heavy (non-hydrogen) atoms. The average Bonchev–Trinajstić information content (AvgIpc) is 3.41. The fourth-order valence-electron chi connectivity index (χ4n) is 5.74. The largest absolute Gasteiger partial charge is 0.467 e. The Balaban J connectivity index is 1.13. The summed E-state index contributed by atoms with van der Waals surface area (Å²) >= 11 is 0. The Kier molecular flexibility index (Phi) is 12.4. The first-order valence-electron chi connectivity index (χ1n) is 16.1. The van der Waals surface area contributed by atoms with Crippen LogP contribution in [0.1, 0.15) is 71.6 Å². The second-order valence-electron chi connectivity index (χ2n) is 11.4. The van der Waals surface area contributed by atoms with Gasteiger partial charge in [0.2, 0.25) is 0 Å². The molecule has 10 heteroatoms. The predicted molar refractivity (Wildman–Crippen MR) is 171 cm³/mol. The van der Waals surface area contributed by atoms with E-state index in [0.29, 0.717) is 57.3 Å². The van der Waals surface area contributed by atoms with Gasteiger partial charge in [0.1, 0.15) is 11.6 Å². The SMILES string of the molecule is COC(=O)C(c1cc(F)ccc1OC1CCCCO1)N1Cc2cccc(NCCCCOCCCOCc3ccccc3)c2C1=O. The molecule has 3 aromatic carbocycles. The zero-order valence-corrected chi connectivity index (χ0v) is 26.4. The van der Waals surface area contributed by atoms with E-state index in [1.807, 2.05) is 48.5 Å². The summed E-state index contributed by atoms with van der Waals surface area (Å²) in [6.07, 6.45) is 4.60. The zero-order valence-electron chi connectivity index (χ0n) is 26.4. The number of carbonyl (C=O) groups is 2. The Hall–Kier alpha value is -3.99. The number of methoxy groups -OCH3 is 1. The Morgan fingerprint density at radius 1 is 1.00 bits per heavy atom. The number of anilines is 1. The third-order valence-electron chi connectivity index (χ3n) is 8.08. The van der Waals surface area contributed by atoms with Crippen LogP contribution in [0, 0.1) is 5.82 Å². The van der Waals surface area contributed by atoms with Crippen molar-refractivity contribution in [1.82, 2.24) is 4.90 Å². The number of halogens is 1. The summed E-state index contributed by atoms with van der Waals surface area (Å²) < 4.78 is 42.9. The lowest BCUT2D eigenvalue weighted by Crippen LogP contribution is -2.36. The molecule has 2 unspecified atom stereocenters. The van der Waals surface area contributed by atoms with Crippen LogP contribution >= 0.6 is 0 Å². The van der Waals surface area contributed by atoms with Crippen molar-refractivity contribution in [2.75, 3.05) is 45.4 Å². The molecule has 1 amide bonds. The van der Waals surface area contributed by atoms with Gasteiger partial charge in [-0.1, -0.05) is 42.5 Å². The second-order valence-corrected chi connectivity index (χ2v) is 11.4. The summed E-state index contributed by atoms with van der Waals surface area (Å²) in [5, 5.41) is 3.39. The normalized spacial score (nSPS) is 16.6. The summed E-state index contributed by atoms with van der Waals surface area (Å²) in [6.45, 7) is 3.93. The lowest BCUT2D eigenvalue weighted by molar-refractivity contribution is -0.146. The molecule has 0 aliphatic carbocycles. The molecule has 1 saturated heterocycles. The summed E-state index contributed by atoms with van der Waals surface area (Å²) in [5.41, 5.74) is 3.35. The molecule has 2 aliphatic rings. The minimum absolute atomic E-state index is 0.169. The Morgan fingerprint density at radius 3 is 2.63 bits per heavy atom. The fraction of sp³-hybridized carbons (Fsp3) is 0.444. The molecular weight excluding hydrogens is 591 g/mol. The number of hydrogen-bond acceptors (Lipinski definition) is 8. The number of benzene rings is 3. The highest BCUT2D eigenvalue weighted by atomic mass is 19.1. The van der Waals surface area contributed by atoms with Crippen molar-refractivity contribution in [2.45, 2.75) is 64.0 Å². The summed E-state index contributed by atoms with van der Waals surface area (Å²) in [4.78, 5) is 28.5. The Morgan fingerprint density at radius 2 is 1.83 bits per heavy atom. The first-order chi connectivity index (χ1) is 22.5. The van der Waals surface area contributed by atoms with Gasteiger partial charge < -0.3 is 33.9 Å². The van der Waals surface area contributed by atoms with Gasteiger partial charge >= 0.3 is 5.97 Å². The molecule has 2 heterocycles. The molecule has 0 radical (unpaired) electrons. The fourth-order valence-corrected chi connectivity index (χ4v) is 5.74. The molecule has 1 fully saturated rings. The molecular formula is C36H43FN2O7. The van der Waals surface area contributed by atoms with Crippen LogP contribution in [0.3, 0.4) is 0 Å². The van der Waals surface area contributed by atoms with Crippen LogP contribution in [0.4, 0.5) is 10.1 Å². The standard InChI is InChI=1S/C36H43FN2O7/c1-42-36(41)34(29-23-28(37)16-17-31(29)46-32-15-5-7-22-45-32)39-24-27-13-9-14-30(33(27)35(39)40)38-18-6-8-19-43-20-10-21-44-25-26-11-3-2-4-12-26/h2-4,9,11-14,16-17,23,32,34,38H,5-8,10,15,18-22,24-25H2,1H3. The van der Waals surface area contributed by atoms with Gasteiger partial charge in [-0.2, -0.15) is 0 Å². The molecule has 2 aliphatic heterocycles. The van der Waals surface area contributed by atoms with Crippen LogP contribution in [0.25, 0.3) is 0 Å². The van der Waals surface area contributed by atoms with Crippen LogP contribution in [0.5, 0.6) is 5.75 Å². The summed E-state index contributed by atoms with van der Waals surface area (Å²) in [7, 11) is 1.25. The second kappa shape index (κ2) is 17.1. The number of hydrogen-bond donors (Lipinski definition) is 1. The monoisotopic (exact) mass is 634 g/mol.